The van der Waals surface area contributed by atoms with E-state index in [2.05, 4.69) is 225 Å². The maximum Gasteiger partial charge on any atom is 0.135 e. The van der Waals surface area contributed by atoms with Crippen LogP contribution in [0, 0.1) is 0 Å². The lowest BCUT2D eigenvalue weighted by Gasteiger charge is -2.30. The third-order valence-corrected chi connectivity index (χ3v) is 13.1. The van der Waals surface area contributed by atoms with Gasteiger partial charge in [0.2, 0.25) is 0 Å². The maximum absolute atomic E-state index is 6.33. The molecule has 0 N–H and O–H groups in total. The van der Waals surface area contributed by atoms with Crippen LogP contribution >= 0.6 is 0 Å². The summed E-state index contributed by atoms with van der Waals surface area (Å²) in [5, 5.41) is 7.34. The molecule has 0 aliphatic heterocycles. The Morgan fingerprint density at radius 3 is 1.75 bits per heavy atom. The predicted octanol–water partition coefficient (Wildman–Crippen LogP) is 16.7. The average Bonchev–Trinajstić information content (AvgIpc) is 3.80. The molecule has 0 unspecified atom stereocenters. The highest BCUT2D eigenvalue weighted by atomic mass is 16.3. The highest BCUT2D eigenvalue weighted by Gasteiger charge is 2.36. The Morgan fingerprint density at radius 1 is 0.344 bits per heavy atom. The molecule has 0 atom stereocenters. The van der Waals surface area contributed by atoms with Crippen molar-refractivity contribution in [1.82, 2.24) is 0 Å². The van der Waals surface area contributed by atoms with Crippen LogP contribution in [0.25, 0.3) is 88.0 Å². The minimum atomic E-state index is -0.244. The summed E-state index contributed by atoms with van der Waals surface area (Å²) < 4.78 is 6.33. The number of hydrogen-bond donors (Lipinski definition) is 0. The lowest BCUT2D eigenvalue weighted by atomic mass is 9.81. The molecule has 288 valence electrons. The van der Waals surface area contributed by atoms with Crippen molar-refractivity contribution in [2.45, 2.75) is 19.3 Å². The van der Waals surface area contributed by atoms with Gasteiger partial charge >= 0.3 is 0 Å². The van der Waals surface area contributed by atoms with E-state index in [-0.39, 0.29) is 5.41 Å². The third kappa shape index (κ3) is 5.64. The van der Waals surface area contributed by atoms with Crippen LogP contribution in [0.3, 0.4) is 0 Å². The minimum absolute atomic E-state index is 0.244. The molecular formula is C59H41NO. The summed E-state index contributed by atoms with van der Waals surface area (Å²) in [6.07, 6.45) is 0. The van der Waals surface area contributed by atoms with Crippen LogP contribution in [0.2, 0.25) is 0 Å². The van der Waals surface area contributed by atoms with Crippen molar-refractivity contribution in [2.75, 3.05) is 4.90 Å². The monoisotopic (exact) mass is 779 g/mol. The number of anilines is 3. The van der Waals surface area contributed by atoms with Crippen molar-refractivity contribution in [1.29, 1.82) is 0 Å². The first-order valence-electron chi connectivity index (χ1n) is 21.2. The quantitative estimate of drug-likeness (QED) is 0.156. The predicted molar refractivity (Wildman–Crippen MR) is 257 cm³/mol. The van der Waals surface area contributed by atoms with E-state index in [1.54, 1.807) is 0 Å². The molecular weight excluding hydrogens is 739 g/mol. The second kappa shape index (κ2) is 13.7. The van der Waals surface area contributed by atoms with E-state index < -0.39 is 0 Å². The Labute approximate surface area is 355 Å². The van der Waals surface area contributed by atoms with Crippen molar-refractivity contribution < 1.29 is 4.42 Å². The fourth-order valence-corrected chi connectivity index (χ4v) is 9.99. The molecule has 11 aromatic rings. The molecule has 0 spiro atoms. The molecule has 0 saturated carbocycles. The first-order chi connectivity index (χ1) is 30.0. The van der Waals surface area contributed by atoms with Crippen molar-refractivity contribution in [3.63, 3.8) is 0 Å². The van der Waals surface area contributed by atoms with Crippen LogP contribution in [0.1, 0.15) is 25.0 Å². The summed E-state index contributed by atoms with van der Waals surface area (Å²) in [7, 11) is 0. The minimum Gasteiger partial charge on any atom is -0.456 e. The van der Waals surface area contributed by atoms with Gasteiger partial charge in [0, 0.05) is 33.1 Å². The van der Waals surface area contributed by atoms with Crippen LogP contribution < -0.4 is 4.90 Å². The highest BCUT2D eigenvalue weighted by Crippen LogP contribution is 2.53. The Bertz CT molecular complexity index is 3500. The number of fused-ring (bicyclic) bond motifs is 9. The van der Waals surface area contributed by atoms with Crippen molar-refractivity contribution in [2.24, 2.45) is 0 Å². The molecule has 0 bridgehead atoms. The van der Waals surface area contributed by atoms with E-state index in [1.807, 2.05) is 6.07 Å². The van der Waals surface area contributed by atoms with Gasteiger partial charge in [0.1, 0.15) is 11.2 Å². The summed E-state index contributed by atoms with van der Waals surface area (Å²) >= 11 is 0. The molecule has 2 heteroatoms. The average molecular weight is 780 g/mol. The van der Waals surface area contributed by atoms with Crippen LogP contribution in [0.4, 0.5) is 17.1 Å². The van der Waals surface area contributed by atoms with Crippen LogP contribution in [0.15, 0.2) is 217 Å². The van der Waals surface area contributed by atoms with Gasteiger partial charge in [-0.1, -0.05) is 172 Å². The van der Waals surface area contributed by atoms with Crippen molar-refractivity contribution in [3.8, 4) is 44.5 Å². The van der Waals surface area contributed by atoms with Gasteiger partial charge in [0.15, 0.2) is 0 Å². The van der Waals surface area contributed by atoms with Gasteiger partial charge in [-0.2, -0.15) is 0 Å². The second-order valence-corrected chi connectivity index (χ2v) is 16.9. The Balaban J connectivity index is 1.01. The summed E-state index contributed by atoms with van der Waals surface area (Å²) in [5.41, 5.74) is 17.4. The van der Waals surface area contributed by atoms with Gasteiger partial charge in [0.25, 0.3) is 0 Å². The molecule has 12 rings (SSSR count). The van der Waals surface area contributed by atoms with E-state index in [0.717, 1.165) is 50.1 Å². The third-order valence-electron chi connectivity index (χ3n) is 13.1. The van der Waals surface area contributed by atoms with E-state index >= 15 is 0 Å². The van der Waals surface area contributed by atoms with Gasteiger partial charge in [0.05, 0.1) is 5.69 Å². The lowest BCUT2D eigenvalue weighted by molar-refractivity contribution is 0.660. The van der Waals surface area contributed by atoms with Crippen molar-refractivity contribution >= 4 is 60.5 Å². The van der Waals surface area contributed by atoms with E-state index in [9.17, 15) is 0 Å². The number of nitrogens with zero attached hydrogens (tertiary/aromatic N) is 1. The number of benzene rings is 10. The maximum atomic E-state index is 6.33. The van der Waals surface area contributed by atoms with Gasteiger partial charge in [-0.3, -0.25) is 0 Å². The molecule has 10 aromatic carbocycles. The Morgan fingerprint density at radius 2 is 0.918 bits per heavy atom. The number of furan rings is 1. The van der Waals surface area contributed by atoms with Crippen LogP contribution in [0.5, 0.6) is 0 Å². The lowest BCUT2D eigenvalue weighted by Crippen LogP contribution is -2.17. The fraction of sp³-hybridized carbons (Fsp3) is 0.0508. The first-order valence-corrected chi connectivity index (χ1v) is 21.2. The molecule has 2 nitrogen and oxygen atoms in total. The van der Waals surface area contributed by atoms with Gasteiger partial charge < -0.3 is 9.32 Å². The molecule has 0 fully saturated rings. The SMILES string of the molecule is CC1(C)c2cc(-c3cc4ccccc4c4ccccc34)ccc2-c2ccc(N(c3ccc4oc5ccccc5c4c3)c3ccccc3-c3ccc(-c4ccccc4)cc3)cc21. The van der Waals surface area contributed by atoms with Crippen molar-refractivity contribution in [3.05, 3.63) is 223 Å². The molecule has 1 aliphatic rings. The van der Waals surface area contributed by atoms with Crippen LogP contribution in [-0.2, 0) is 5.41 Å². The molecule has 1 heterocycles. The smallest absolute Gasteiger partial charge is 0.135 e. The van der Waals surface area contributed by atoms with E-state index in [4.69, 9.17) is 4.42 Å². The second-order valence-electron chi connectivity index (χ2n) is 16.9. The van der Waals surface area contributed by atoms with Crippen LogP contribution in [-0.4, -0.2) is 0 Å². The number of para-hydroxylation sites is 2. The topological polar surface area (TPSA) is 16.4 Å². The molecule has 0 amide bonds. The zero-order valence-corrected chi connectivity index (χ0v) is 34.1. The fourth-order valence-electron chi connectivity index (χ4n) is 9.99. The molecule has 61 heavy (non-hydrogen) atoms. The summed E-state index contributed by atoms with van der Waals surface area (Å²) in [6, 6.07) is 77.5. The normalized spacial score (nSPS) is 12.9. The van der Waals surface area contributed by atoms with Gasteiger partial charge in [-0.15, -0.1) is 0 Å². The zero-order chi connectivity index (χ0) is 40.7. The molecule has 1 aliphatic carbocycles. The first kappa shape index (κ1) is 35.3. The Kier molecular flexibility index (Phi) is 7.92. The van der Waals surface area contributed by atoms with E-state index in [0.29, 0.717) is 0 Å². The number of hydrogen-bond acceptors (Lipinski definition) is 2. The highest BCUT2D eigenvalue weighted by molar-refractivity contribution is 6.14. The van der Waals surface area contributed by atoms with Gasteiger partial charge in [-0.05, 0) is 126 Å². The molecule has 0 saturated heterocycles. The van der Waals surface area contributed by atoms with E-state index in [1.165, 1.54) is 66.1 Å². The molecule has 1 aromatic heterocycles. The summed E-state index contributed by atoms with van der Waals surface area (Å²) in [6.45, 7) is 4.78. The largest absolute Gasteiger partial charge is 0.456 e. The molecule has 0 radical (unpaired) electrons. The summed E-state index contributed by atoms with van der Waals surface area (Å²) in [4.78, 5) is 2.44. The Hall–Kier alpha value is -7.68. The standard InChI is InChI=1S/C59H41NO/c1-59(2)54-35-42(52-34-41-16-6-7-17-45(41)47-19-8-9-20-48(47)52)28-31-49(54)50-32-29-44(37-55(50)59)60(43-30-33-58-53(36-43)51-21-11-13-23-57(51)61-58)56-22-12-10-18-46(56)40-26-24-39(25-27-40)38-14-4-3-5-15-38/h3-37H,1-2H3. The van der Waals surface area contributed by atoms with Gasteiger partial charge in [-0.25, -0.2) is 0 Å². The zero-order valence-electron chi connectivity index (χ0n) is 34.1. The summed E-state index contributed by atoms with van der Waals surface area (Å²) in [5.74, 6) is 0. The number of rotatable bonds is 6.